The fourth-order valence-corrected chi connectivity index (χ4v) is 2.53. The summed E-state index contributed by atoms with van der Waals surface area (Å²) >= 11 is 0. The Hall–Kier alpha value is -2.07. The molecule has 92 valence electrons. The Labute approximate surface area is 105 Å². The smallest absolute Gasteiger partial charge is 0.436 e. The second-order valence-corrected chi connectivity index (χ2v) is 4.71. The molecular weight excluding hydrogens is 230 g/mol. The van der Waals surface area contributed by atoms with Crippen LogP contribution in [0.3, 0.4) is 0 Å². The highest BCUT2D eigenvalue weighted by Gasteiger charge is 2.50. The number of nitrogens with zero attached hydrogens (tertiary/aromatic N) is 1. The van der Waals surface area contributed by atoms with Gasteiger partial charge in [-0.2, -0.15) is 9.28 Å². The fraction of sp³-hybridized carbons (Fsp3) is 0.214. The van der Waals surface area contributed by atoms with Crippen molar-refractivity contribution in [3.63, 3.8) is 0 Å². The summed E-state index contributed by atoms with van der Waals surface area (Å²) in [6, 6.07) is 11.6. The summed E-state index contributed by atoms with van der Waals surface area (Å²) in [5, 5.41) is 11.5. The van der Waals surface area contributed by atoms with Crippen LogP contribution in [0.5, 0.6) is 5.75 Å². The topological polar surface area (TPSA) is 46.5 Å². The van der Waals surface area contributed by atoms with Crippen LogP contribution in [0, 0.1) is 0 Å². The van der Waals surface area contributed by atoms with Crippen molar-refractivity contribution in [2.45, 2.75) is 13.2 Å². The lowest BCUT2D eigenvalue weighted by atomic mass is 10.1. The number of amides is 1. The lowest BCUT2D eigenvalue weighted by Gasteiger charge is -2.25. The van der Waals surface area contributed by atoms with Crippen molar-refractivity contribution in [1.29, 1.82) is 0 Å². The molecule has 0 bridgehead atoms. The molecule has 0 saturated heterocycles. The van der Waals surface area contributed by atoms with E-state index in [0.717, 1.165) is 16.5 Å². The predicted octanol–water partition coefficient (Wildman–Crippen LogP) is 3.19. The summed E-state index contributed by atoms with van der Waals surface area (Å²) in [7, 11) is 1.67. The Morgan fingerprint density at radius 2 is 2.00 bits per heavy atom. The van der Waals surface area contributed by atoms with Crippen LogP contribution in [0.15, 0.2) is 36.4 Å². The average Bonchev–Trinajstić information content (AvgIpc) is 2.63. The van der Waals surface area contributed by atoms with Crippen LogP contribution < -0.4 is 9.22 Å². The maximum Gasteiger partial charge on any atom is 0.521 e. The fourth-order valence-electron chi connectivity index (χ4n) is 2.53. The van der Waals surface area contributed by atoms with Crippen molar-refractivity contribution in [2.75, 3.05) is 7.05 Å². The Bertz CT molecular complexity index is 653. The van der Waals surface area contributed by atoms with E-state index in [1.807, 2.05) is 36.4 Å². The first kappa shape index (κ1) is 11.0. The number of ether oxygens (including phenoxy) is 1. The van der Waals surface area contributed by atoms with Crippen LogP contribution in [-0.2, 0) is 0 Å². The molecule has 0 saturated carbocycles. The standard InChI is InChI=1S/C14H13NO3/c1-9-15(2,14(16)17)13-11-6-4-3-5-10(11)7-8-12(13)18-9/h3-9H,1-2H3/p+1. The molecule has 0 aliphatic carbocycles. The molecule has 0 aromatic heterocycles. The van der Waals surface area contributed by atoms with Gasteiger partial charge in [-0.1, -0.05) is 24.3 Å². The molecule has 0 radical (unpaired) electrons. The van der Waals surface area contributed by atoms with Gasteiger partial charge in [0.1, 0.15) is 0 Å². The van der Waals surface area contributed by atoms with Gasteiger partial charge in [0.15, 0.2) is 11.4 Å². The van der Waals surface area contributed by atoms with Gasteiger partial charge in [0.05, 0.1) is 7.05 Å². The molecule has 4 heteroatoms. The van der Waals surface area contributed by atoms with Gasteiger partial charge in [-0.15, -0.1) is 0 Å². The SMILES string of the molecule is CC1Oc2ccc3ccccc3c2[N+]1(C)C(=O)O. The first-order chi connectivity index (χ1) is 8.55. The van der Waals surface area contributed by atoms with Crippen LogP contribution >= 0.6 is 0 Å². The van der Waals surface area contributed by atoms with E-state index in [1.165, 1.54) is 0 Å². The van der Waals surface area contributed by atoms with E-state index in [9.17, 15) is 9.90 Å². The second-order valence-electron chi connectivity index (χ2n) is 4.71. The molecule has 2 aromatic rings. The zero-order valence-corrected chi connectivity index (χ0v) is 10.3. The summed E-state index contributed by atoms with van der Waals surface area (Å²) in [5.74, 6) is 0.658. The first-order valence-electron chi connectivity index (χ1n) is 5.84. The highest BCUT2D eigenvalue weighted by molar-refractivity contribution is 6.02. The summed E-state index contributed by atoms with van der Waals surface area (Å²) < 4.78 is 5.44. The third-order valence-electron chi connectivity index (χ3n) is 3.75. The lowest BCUT2D eigenvalue weighted by Crippen LogP contribution is -2.54. The Kier molecular flexibility index (Phi) is 2.12. The van der Waals surface area contributed by atoms with E-state index in [0.29, 0.717) is 5.75 Å². The van der Waals surface area contributed by atoms with Crippen LogP contribution in [0.25, 0.3) is 10.8 Å². The van der Waals surface area contributed by atoms with Crippen LogP contribution in [0.1, 0.15) is 6.92 Å². The minimum atomic E-state index is -0.905. The maximum absolute atomic E-state index is 11.6. The zero-order valence-electron chi connectivity index (χ0n) is 10.3. The third kappa shape index (κ3) is 1.21. The Morgan fingerprint density at radius 1 is 1.28 bits per heavy atom. The van der Waals surface area contributed by atoms with Gasteiger partial charge < -0.3 is 9.84 Å². The number of benzene rings is 2. The quantitative estimate of drug-likeness (QED) is 0.724. The first-order valence-corrected chi connectivity index (χ1v) is 5.84. The Balaban J connectivity index is 2.40. The molecule has 1 aliphatic rings. The molecule has 2 unspecified atom stereocenters. The van der Waals surface area contributed by atoms with Gasteiger partial charge in [-0.3, -0.25) is 0 Å². The number of hydrogen-bond acceptors (Lipinski definition) is 2. The molecule has 3 rings (SSSR count). The summed E-state index contributed by atoms with van der Waals surface area (Å²) in [4.78, 5) is 11.6. The van der Waals surface area contributed by atoms with Gasteiger partial charge in [0.25, 0.3) is 0 Å². The van der Waals surface area contributed by atoms with Gasteiger partial charge in [-0.25, -0.2) is 0 Å². The molecule has 1 heterocycles. The number of hydrogen-bond donors (Lipinski definition) is 1. The summed E-state index contributed by atoms with van der Waals surface area (Å²) in [6.45, 7) is 1.78. The van der Waals surface area contributed by atoms with E-state index in [2.05, 4.69) is 0 Å². The number of quaternary nitrogens is 1. The summed E-state index contributed by atoms with van der Waals surface area (Å²) in [5.41, 5.74) is 0.730. The monoisotopic (exact) mass is 244 g/mol. The minimum Gasteiger partial charge on any atom is -0.436 e. The third-order valence-corrected chi connectivity index (χ3v) is 3.75. The van der Waals surface area contributed by atoms with E-state index >= 15 is 0 Å². The molecule has 4 nitrogen and oxygen atoms in total. The minimum absolute atomic E-state index is 0.239. The van der Waals surface area contributed by atoms with Gasteiger partial charge in [0, 0.05) is 12.3 Å². The average molecular weight is 244 g/mol. The van der Waals surface area contributed by atoms with Crippen molar-refractivity contribution in [3.05, 3.63) is 36.4 Å². The number of fused-ring (bicyclic) bond motifs is 3. The molecule has 1 amide bonds. The molecule has 0 fully saturated rings. The van der Waals surface area contributed by atoms with Gasteiger partial charge >= 0.3 is 6.09 Å². The summed E-state index contributed by atoms with van der Waals surface area (Å²) in [6.07, 6.45) is -1.33. The van der Waals surface area contributed by atoms with Crippen LogP contribution in [-0.4, -0.2) is 24.5 Å². The molecule has 1 N–H and O–H groups in total. The maximum atomic E-state index is 11.6. The van der Waals surface area contributed by atoms with Gasteiger partial charge in [0.2, 0.25) is 6.23 Å². The van der Waals surface area contributed by atoms with Gasteiger partial charge in [-0.05, 0) is 17.5 Å². The van der Waals surface area contributed by atoms with Crippen LogP contribution in [0.2, 0.25) is 0 Å². The largest absolute Gasteiger partial charge is 0.521 e. The van der Waals surface area contributed by atoms with E-state index in [-0.39, 0.29) is 4.48 Å². The molecular formula is C14H14NO3+. The number of carbonyl (C=O) groups is 1. The normalized spacial score (nSPS) is 25.8. The number of carboxylic acid groups (broad SMARTS) is 1. The molecule has 18 heavy (non-hydrogen) atoms. The van der Waals surface area contributed by atoms with Crippen molar-refractivity contribution >= 4 is 22.6 Å². The molecule has 1 aliphatic heterocycles. The van der Waals surface area contributed by atoms with E-state index < -0.39 is 12.3 Å². The number of rotatable bonds is 0. The highest BCUT2D eigenvalue weighted by Crippen LogP contribution is 2.46. The van der Waals surface area contributed by atoms with Crippen molar-refractivity contribution < 1.29 is 14.6 Å². The van der Waals surface area contributed by atoms with Crippen molar-refractivity contribution in [3.8, 4) is 5.75 Å². The second kappa shape index (κ2) is 3.46. The molecule has 0 spiro atoms. The van der Waals surface area contributed by atoms with E-state index in [4.69, 9.17) is 4.74 Å². The van der Waals surface area contributed by atoms with Crippen molar-refractivity contribution in [1.82, 2.24) is 4.48 Å². The Morgan fingerprint density at radius 3 is 2.72 bits per heavy atom. The van der Waals surface area contributed by atoms with Crippen LogP contribution in [0.4, 0.5) is 10.5 Å². The lowest BCUT2D eigenvalue weighted by molar-refractivity contribution is 0.0885. The molecule has 2 atom stereocenters. The van der Waals surface area contributed by atoms with Crippen molar-refractivity contribution in [2.24, 2.45) is 0 Å². The van der Waals surface area contributed by atoms with E-state index in [1.54, 1.807) is 14.0 Å². The predicted molar refractivity (Wildman–Crippen MR) is 69.8 cm³/mol. The zero-order chi connectivity index (χ0) is 12.9. The highest BCUT2D eigenvalue weighted by atomic mass is 16.5. The molecule has 2 aromatic carbocycles.